The number of halogens is 3. The molecule has 2 atom stereocenters. The summed E-state index contributed by atoms with van der Waals surface area (Å²) < 4.78 is 35.7. The third kappa shape index (κ3) is 9.76. The van der Waals surface area contributed by atoms with Gasteiger partial charge in [0.15, 0.2) is 0 Å². The van der Waals surface area contributed by atoms with Crippen molar-refractivity contribution in [2.75, 3.05) is 6.61 Å². The number of ether oxygens (including phenoxy) is 2. The lowest BCUT2D eigenvalue weighted by atomic mass is 10.1. The molecule has 216 valence electrons. The quantitative estimate of drug-likeness (QED) is 0.103. The van der Waals surface area contributed by atoms with Gasteiger partial charge in [-0.25, -0.2) is 9.59 Å². The summed E-state index contributed by atoms with van der Waals surface area (Å²) >= 11 is 2.01. The largest absolute Gasteiger partial charge is 0.540 e. The fourth-order valence-electron chi connectivity index (χ4n) is 2.57. The van der Waals surface area contributed by atoms with Crippen molar-refractivity contribution < 1.29 is 67.1 Å². The summed E-state index contributed by atoms with van der Waals surface area (Å²) in [7, 11) is 0. The van der Waals surface area contributed by atoms with Gasteiger partial charge in [-0.05, 0) is 51.3 Å². The van der Waals surface area contributed by atoms with Crippen LogP contribution in [0.5, 0.6) is 0 Å². The van der Waals surface area contributed by atoms with E-state index in [9.17, 15) is 48.5 Å². The number of rotatable bonds is 14. The maximum absolute atomic E-state index is 14.2. The van der Waals surface area contributed by atoms with E-state index in [0.29, 0.717) is 5.56 Å². The zero-order chi connectivity index (χ0) is 29.9. The Labute approximate surface area is 229 Å². The minimum absolute atomic E-state index is 0.207. The lowest BCUT2D eigenvalue weighted by Crippen LogP contribution is -2.50. The van der Waals surface area contributed by atoms with E-state index in [4.69, 9.17) is 0 Å². The number of benzene rings is 2. The number of carbonyl (C=O) groups excluding carboxylic acids is 3. The molecule has 0 aliphatic rings. The van der Waals surface area contributed by atoms with E-state index in [1.54, 1.807) is 0 Å². The van der Waals surface area contributed by atoms with Crippen LogP contribution in [0.25, 0.3) is 0 Å². The zero-order valence-corrected chi connectivity index (χ0v) is 21.3. The fourth-order valence-corrected chi connectivity index (χ4v) is 2.79. The smallest absolute Gasteiger partial charge is 0.427 e. The van der Waals surface area contributed by atoms with Gasteiger partial charge in [0, 0.05) is 24.3 Å². The molecule has 0 heterocycles. The molecular weight excluding hydrogens is 622 g/mol. The van der Waals surface area contributed by atoms with Gasteiger partial charge in [0.05, 0.1) is 9.85 Å². The molecule has 0 fully saturated rings. The predicted octanol–water partition coefficient (Wildman–Crippen LogP) is 3.66. The van der Waals surface area contributed by atoms with Gasteiger partial charge in [-0.3, -0.25) is 34.8 Å². The van der Waals surface area contributed by atoms with Crippen LogP contribution in [0.3, 0.4) is 0 Å². The van der Waals surface area contributed by atoms with Gasteiger partial charge in [0.25, 0.3) is 16.1 Å². The molecule has 0 spiro atoms. The van der Waals surface area contributed by atoms with Crippen LogP contribution in [0.4, 0.5) is 29.7 Å². The van der Waals surface area contributed by atoms with E-state index in [1.165, 1.54) is 24.3 Å². The summed E-state index contributed by atoms with van der Waals surface area (Å²) in [5.74, 6) is -4.50. The number of hydrogen-bond acceptors (Lipinski definition) is 14. The van der Waals surface area contributed by atoms with Crippen LogP contribution in [0.2, 0.25) is 0 Å². The van der Waals surface area contributed by atoms with Crippen molar-refractivity contribution in [3.05, 3.63) is 79.9 Å². The summed E-state index contributed by atoms with van der Waals surface area (Å²) in [6, 6.07) is 9.58. The Morgan fingerprint density at radius 1 is 0.850 bits per heavy atom. The molecule has 0 unspecified atom stereocenters. The molecule has 2 aromatic rings. The summed E-state index contributed by atoms with van der Waals surface area (Å²) in [5.41, 5.74) is 0.133. The topological polar surface area (TPSA) is 213 Å². The fraction of sp³-hybridized carbons (Fsp3) is 0.286. The first-order chi connectivity index (χ1) is 18.8. The van der Waals surface area contributed by atoms with Crippen molar-refractivity contribution in [2.24, 2.45) is 0 Å². The highest BCUT2D eigenvalue weighted by molar-refractivity contribution is 9.18. The Kier molecular flexibility index (Phi) is 11.7. The molecule has 40 heavy (non-hydrogen) atoms. The maximum Gasteiger partial charge on any atom is 0.540 e. The Bertz CT molecular complexity index is 1210. The highest BCUT2D eigenvalue weighted by Gasteiger charge is 2.52. The molecule has 0 saturated carbocycles. The van der Waals surface area contributed by atoms with Gasteiger partial charge in [-0.2, -0.15) is 18.6 Å². The van der Waals surface area contributed by atoms with Gasteiger partial charge in [-0.1, -0.05) is 0 Å². The van der Waals surface area contributed by atoms with Crippen LogP contribution in [-0.2, 0) is 47.0 Å². The molecule has 0 amide bonds. The van der Waals surface area contributed by atoms with Crippen LogP contribution in [0.15, 0.2) is 48.5 Å². The van der Waals surface area contributed by atoms with E-state index in [2.05, 4.69) is 29.0 Å². The van der Waals surface area contributed by atoms with Crippen LogP contribution >= 0.6 is 15.9 Å². The molecule has 1 N–H and O–H groups in total. The number of non-ortho nitro benzene ring substituents is 2. The molecule has 2 aromatic carbocycles. The van der Waals surface area contributed by atoms with Crippen molar-refractivity contribution in [1.29, 1.82) is 0 Å². The van der Waals surface area contributed by atoms with Crippen molar-refractivity contribution in [2.45, 2.75) is 31.3 Å². The minimum Gasteiger partial charge on any atom is -0.427 e. The Balaban J connectivity index is 1.84. The molecule has 19 heteroatoms. The van der Waals surface area contributed by atoms with Crippen LogP contribution < -0.4 is 0 Å². The Morgan fingerprint density at radius 2 is 1.27 bits per heavy atom. The SMILES string of the molecule is O=C(OCc1ccc([N+](=O)[O-])cc1)OOC[C@H](O)[C@@H](OOC(=O)OCc1ccc([N+](=O)[O-])cc1)C(F)(F)C(=O)Br. The second kappa shape index (κ2) is 14.7. The summed E-state index contributed by atoms with van der Waals surface area (Å²) in [5, 5.41) is 31.3. The third-order valence-corrected chi connectivity index (χ3v) is 5.09. The molecule has 0 bridgehead atoms. The summed E-state index contributed by atoms with van der Waals surface area (Å²) in [4.78, 5) is 71.3. The molecule has 16 nitrogen and oxygen atoms in total. The average molecular weight is 639 g/mol. The molecule has 2 rings (SSSR count). The number of nitro benzene ring substituents is 2. The second-order valence-corrected chi connectivity index (χ2v) is 8.08. The normalized spacial score (nSPS) is 12.5. The maximum atomic E-state index is 14.2. The van der Waals surface area contributed by atoms with Crippen LogP contribution in [-0.4, -0.2) is 56.7 Å². The first kappa shape index (κ1) is 31.9. The Hall–Kier alpha value is -4.33. The summed E-state index contributed by atoms with van der Waals surface area (Å²) in [6.07, 6.45) is -8.50. The molecule has 0 aliphatic carbocycles. The van der Waals surface area contributed by atoms with E-state index in [0.717, 1.165) is 24.3 Å². The number of hydrogen-bond donors (Lipinski definition) is 1. The van der Waals surface area contributed by atoms with E-state index in [1.807, 2.05) is 15.9 Å². The van der Waals surface area contributed by atoms with Gasteiger partial charge in [0.2, 0.25) is 6.10 Å². The number of carbonyl (C=O) groups is 3. The first-order valence-corrected chi connectivity index (χ1v) is 11.3. The van der Waals surface area contributed by atoms with Crippen molar-refractivity contribution in [3.8, 4) is 0 Å². The van der Waals surface area contributed by atoms with E-state index >= 15 is 0 Å². The third-order valence-electron chi connectivity index (χ3n) is 4.56. The standard InChI is InChI=1S/C21H17BrF2N2O14/c22-18(28)21(23,24)17(38-40-20(30)36-10-13-3-7-15(8-4-13)26(33)34)16(27)11-37-39-19(29)35-9-12-1-5-14(6-2-12)25(31)32/h1-8,16-17,27H,9-11H2/t16-,17+/m0/s1. The molecule has 0 saturated heterocycles. The number of nitrogens with zero attached hydrogens (tertiary/aromatic N) is 2. The Morgan fingerprint density at radius 3 is 1.68 bits per heavy atom. The highest BCUT2D eigenvalue weighted by Crippen LogP contribution is 2.28. The van der Waals surface area contributed by atoms with Crippen LogP contribution in [0.1, 0.15) is 11.1 Å². The van der Waals surface area contributed by atoms with E-state index in [-0.39, 0.29) is 16.9 Å². The number of aliphatic hydroxyl groups is 1. The van der Waals surface area contributed by atoms with Gasteiger partial charge >= 0.3 is 18.2 Å². The first-order valence-electron chi connectivity index (χ1n) is 10.5. The van der Waals surface area contributed by atoms with Gasteiger partial charge < -0.3 is 14.6 Å². The van der Waals surface area contributed by atoms with Crippen molar-refractivity contribution in [3.63, 3.8) is 0 Å². The lowest BCUT2D eigenvalue weighted by Gasteiger charge is -2.25. The zero-order valence-electron chi connectivity index (χ0n) is 19.7. The number of nitro groups is 2. The predicted molar refractivity (Wildman–Crippen MR) is 124 cm³/mol. The number of aliphatic hydroxyl groups excluding tert-OH is 1. The molecular formula is C21H17BrF2N2O14. The van der Waals surface area contributed by atoms with Crippen LogP contribution in [0, 0.1) is 20.2 Å². The van der Waals surface area contributed by atoms with Crippen molar-refractivity contribution in [1.82, 2.24) is 0 Å². The average Bonchev–Trinajstić information content (AvgIpc) is 2.91. The molecule has 0 radical (unpaired) electrons. The van der Waals surface area contributed by atoms with Gasteiger partial charge in [0.1, 0.15) is 25.9 Å². The monoisotopic (exact) mass is 638 g/mol. The van der Waals surface area contributed by atoms with Gasteiger partial charge in [-0.15, -0.1) is 0 Å². The lowest BCUT2D eigenvalue weighted by molar-refractivity contribution is -0.385. The highest BCUT2D eigenvalue weighted by atomic mass is 79.9. The second-order valence-electron chi connectivity index (χ2n) is 7.36. The molecule has 0 aliphatic heterocycles. The number of alkyl halides is 2. The summed E-state index contributed by atoms with van der Waals surface area (Å²) in [6.45, 7) is -2.16. The van der Waals surface area contributed by atoms with E-state index < -0.39 is 64.8 Å². The minimum atomic E-state index is -4.50. The molecule has 0 aromatic heterocycles. The van der Waals surface area contributed by atoms with Crippen molar-refractivity contribution >= 4 is 44.3 Å².